The summed E-state index contributed by atoms with van der Waals surface area (Å²) < 4.78 is 5.11. The average molecular weight is 222 g/mol. The van der Waals surface area contributed by atoms with Gasteiger partial charge in [-0.2, -0.15) is 0 Å². The van der Waals surface area contributed by atoms with Crippen molar-refractivity contribution in [3.05, 3.63) is 29.8 Å². The largest absolute Gasteiger partial charge is 0.497 e. The molecule has 1 aliphatic heterocycles. The van der Waals surface area contributed by atoms with Gasteiger partial charge in [0, 0.05) is 5.75 Å². The number of benzene rings is 1. The molecule has 3 nitrogen and oxygen atoms in total. The zero-order chi connectivity index (χ0) is 10.7. The van der Waals surface area contributed by atoms with Crippen molar-refractivity contribution in [1.82, 2.24) is 0 Å². The van der Waals surface area contributed by atoms with Crippen molar-refractivity contribution >= 4 is 16.9 Å². The fourth-order valence-corrected chi connectivity index (χ4v) is 2.35. The Hall–Kier alpha value is -1.16. The minimum atomic E-state index is 0.220. The van der Waals surface area contributed by atoms with Gasteiger partial charge in [-0.1, -0.05) is 23.9 Å². The summed E-state index contributed by atoms with van der Waals surface area (Å²) in [6, 6.07) is 8.25. The van der Waals surface area contributed by atoms with Gasteiger partial charge in [0.2, 0.25) is 0 Å². The molecule has 0 radical (unpaired) electrons. The van der Waals surface area contributed by atoms with Crippen LogP contribution in [0.25, 0.3) is 0 Å². The van der Waals surface area contributed by atoms with Gasteiger partial charge in [0.25, 0.3) is 0 Å². The predicted molar refractivity (Wildman–Crippen MR) is 64.4 cm³/mol. The number of methoxy groups -OCH3 is 1. The second-order valence-corrected chi connectivity index (χ2v) is 4.51. The van der Waals surface area contributed by atoms with Crippen LogP contribution in [0.2, 0.25) is 0 Å². The lowest BCUT2D eigenvalue weighted by Crippen LogP contribution is -2.15. The Kier molecular flexibility index (Phi) is 3.16. The molecule has 1 aromatic carbocycles. The maximum absolute atomic E-state index is 5.71. The highest BCUT2D eigenvalue weighted by Crippen LogP contribution is 2.29. The van der Waals surface area contributed by atoms with E-state index in [-0.39, 0.29) is 6.04 Å². The van der Waals surface area contributed by atoms with Crippen molar-refractivity contribution in [2.45, 2.75) is 12.5 Å². The summed E-state index contributed by atoms with van der Waals surface area (Å²) in [5, 5.41) is 0.696. The van der Waals surface area contributed by atoms with Crippen molar-refractivity contribution in [2.24, 2.45) is 10.7 Å². The zero-order valence-corrected chi connectivity index (χ0v) is 9.46. The van der Waals surface area contributed by atoms with Crippen molar-refractivity contribution in [1.29, 1.82) is 0 Å². The van der Waals surface area contributed by atoms with Gasteiger partial charge in [0.15, 0.2) is 5.17 Å². The number of amidine groups is 1. The molecule has 1 aliphatic rings. The summed E-state index contributed by atoms with van der Waals surface area (Å²) in [5.41, 5.74) is 6.91. The molecule has 0 amide bonds. The summed E-state index contributed by atoms with van der Waals surface area (Å²) in [4.78, 5) is 4.42. The summed E-state index contributed by atoms with van der Waals surface area (Å²) in [7, 11) is 1.67. The number of hydrogen-bond donors (Lipinski definition) is 1. The van der Waals surface area contributed by atoms with Crippen LogP contribution in [0.1, 0.15) is 18.0 Å². The summed E-state index contributed by atoms with van der Waals surface area (Å²) in [6.07, 6.45) is 1.05. The Balaban J connectivity index is 2.18. The molecule has 0 saturated heterocycles. The highest BCUT2D eigenvalue weighted by molar-refractivity contribution is 8.13. The standard InChI is InChI=1S/C11H14N2OS/c1-14-9-4-2-8(3-5-9)10-6-7-15-11(12)13-10/h2-5,10H,6-7H2,1H3,(H2,12,13). The molecule has 2 N–H and O–H groups in total. The molecule has 80 valence electrons. The smallest absolute Gasteiger partial charge is 0.154 e. The van der Waals surface area contributed by atoms with Crippen LogP contribution < -0.4 is 10.5 Å². The van der Waals surface area contributed by atoms with E-state index in [1.807, 2.05) is 12.1 Å². The van der Waals surface area contributed by atoms with Gasteiger partial charge in [0.1, 0.15) is 5.75 Å². The van der Waals surface area contributed by atoms with Crippen LogP contribution >= 0.6 is 11.8 Å². The van der Waals surface area contributed by atoms with E-state index >= 15 is 0 Å². The van der Waals surface area contributed by atoms with Crippen molar-refractivity contribution in [3.63, 3.8) is 0 Å². The van der Waals surface area contributed by atoms with Crippen LogP contribution in [0.3, 0.4) is 0 Å². The Labute approximate surface area is 93.7 Å². The first kappa shape index (κ1) is 10.4. The van der Waals surface area contributed by atoms with E-state index < -0.39 is 0 Å². The lowest BCUT2D eigenvalue weighted by molar-refractivity contribution is 0.414. The van der Waals surface area contributed by atoms with Crippen LogP contribution in [0.4, 0.5) is 0 Å². The summed E-state index contributed by atoms with van der Waals surface area (Å²) >= 11 is 1.63. The van der Waals surface area contributed by atoms with E-state index in [2.05, 4.69) is 17.1 Å². The van der Waals surface area contributed by atoms with E-state index in [1.165, 1.54) is 5.56 Å². The number of hydrogen-bond acceptors (Lipinski definition) is 4. The number of aliphatic imine (C=N–C) groups is 1. The number of thioether (sulfide) groups is 1. The molecule has 0 aromatic heterocycles. The van der Waals surface area contributed by atoms with E-state index in [9.17, 15) is 0 Å². The lowest BCUT2D eigenvalue weighted by Gasteiger charge is -2.18. The highest BCUT2D eigenvalue weighted by Gasteiger charge is 2.15. The van der Waals surface area contributed by atoms with Crippen LogP contribution in [-0.2, 0) is 0 Å². The Bertz CT molecular complexity index is 361. The summed E-state index contributed by atoms with van der Waals surface area (Å²) in [6.45, 7) is 0. The second-order valence-electron chi connectivity index (χ2n) is 3.39. The zero-order valence-electron chi connectivity index (χ0n) is 8.64. The van der Waals surface area contributed by atoms with Crippen molar-refractivity contribution < 1.29 is 4.74 Å². The number of nitrogens with zero attached hydrogens (tertiary/aromatic N) is 1. The predicted octanol–water partition coefficient (Wildman–Crippen LogP) is 2.19. The van der Waals surface area contributed by atoms with Gasteiger partial charge in [-0.3, -0.25) is 4.99 Å². The maximum Gasteiger partial charge on any atom is 0.154 e. The third-order valence-corrected chi connectivity index (χ3v) is 3.27. The van der Waals surface area contributed by atoms with E-state index in [0.717, 1.165) is 17.9 Å². The van der Waals surface area contributed by atoms with Gasteiger partial charge in [0.05, 0.1) is 13.2 Å². The molecule has 1 unspecified atom stereocenters. The first-order valence-electron chi connectivity index (χ1n) is 4.89. The van der Waals surface area contributed by atoms with Crippen molar-refractivity contribution in [2.75, 3.05) is 12.9 Å². The lowest BCUT2D eigenvalue weighted by atomic mass is 10.1. The molecule has 4 heteroatoms. The number of ether oxygens (including phenoxy) is 1. The third-order valence-electron chi connectivity index (χ3n) is 2.42. The van der Waals surface area contributed by atoms with Gasteiger partial charge in [-0.05, 0) is 24.1 Å². The number of nitrogens with two attached hydrogens (primary N) is 1. The van der Waals surface area contributed by atoms with E-state index in [4.69, 9.17) is 10.5 Å². The third kappa shape index (κ3) is 2.45. The molecule has 1 atom stereocenters. The first-order valence-corrected chi connectivity index (χ1v) is 5.88. The average Bonchev–Trinajstić information content (AvgIpc) is 2.29. The van der Waals surface area contributed by atoms with E-state index in [0.29, 0.717) is 5.17 Å². The molecule has 0 fully saturated rings. The SMILES string of the molecule is COc1ccc(C2CCSC(N)=N2)cc1. The van der Waals surface area contributed by atoms with Gasteiger partial charge in [-0.25, -0.2) is 0 Å². The fourth-order valence-electron chi connectivity index (χ4n) is 1.60. The molecular weight excluding hydrogens is 208 g/mol. The van der Waals surface area contributed by atoms with E-state index in [1.54, 1.807) is 18.9 Å². The molecule has 15 heavy (non-hydrogen) atoms. The molecular formula is C11H14N2OS. The Morgan fingerprint density at radius 1 is 1.40 bits per heavy atom. The molecule has 0 aliphatic carbocycles. The minimum absolute atomic E-state index is 0.220. The Morgan fingerprint density at radius 3 is 2.73 bits per heavy atom. The maximum atomic E-state index is 5.71. The monoisotopic (exact) mass is 222 g/mol. The highest BCUT2D eigenvalue weighted by atomic mass is 32.2. The van der Waals surface area contributed by atoms with Crippen LogP contribution in [0, 0.1) is 0 Å². The van der Waals surface area contributed by atoms with Crippen LogP contribution in [0.5, 0.6) is 5.75 Å². The molecule has 2 rings (SSSR count). The van der Waals surface area contributed by atoms with Crippen LogP contribution in [0.15, 0.2) is 29.3 Å². The molecule has 0 bridgehead atoms. The summed E-state index contributed by atoms with van der Waals surface area (Å²) in [5.74, 6) is 1.92. The topological polar surface area (TPSA) is 47.6 Å². The molecule has 1 aromatic rings. The van der Waals surface area contributed by atoms with Gasteiger partial charge in [-0.15, -0.1) is 0 Å². The first-order chi connectivity index (χ1) is 7.29. The normalized spacial score (nSPS) is 20.9. The quantitative estimate of drug-likeness (QED) is 0.834. The minimum Gasteiger partial charge on any atom is -0.497 e. The van der Waals surface area contributed by atoms with Crippen molar-refractivity contribution in [3.8, 4) is 5.75 Å². The number of rotatable bonds is 2. The molecule has 0 spiro atoms. The van der Waals surface area contributed by atoms with Crippen LogP contribution in [-0.4, -0.2) is 18.0 Å². The second kappa shape index (κ2) is 4.57. The Morgan fingerprint density at radius 2 is 2.13 bits per heavy atom. The molecule has 1 heterocycles. The van der Waals surface area contributed by atoms with Gasteiger partial charge >= 0.3 is 0 Å². The molecule has 0 saturated carbocycles. The van der Waals surface area contributed by atoms with Gasteiger partial charge < -0.3 is 10.5 Å². The fraction of sp³-hybridized carbons (Fsp3) is 0.364.